The SMILES string of the molecule is CC1=CCC2CC(=O)N(C3CCN(C4(C)CCNC4)CC3)C2=C1. The number of carbonyl (C=O) groups is 1. The van der Waals surface area contributed by atoms with Gasteiger partial charge in [0, 0.05) is 49.3 Å². The van der Waals surface area contributed by atoms with E-state index in [-0.39, 0.29) is 0 Å². The Morgan fingerprint density at radius 2 is 2.09 bits per heavy atom. The Labute approximate surface area is 139 Å². The van der Waals surface area contributed by atoms with Gasteiger partial charge in [0.05, 0.1) is 0 Å². The van der Waals surface area contributed by atoms with Gasteiger partial charge in [-0.25, -0.2) is 0 Å². The van der Waals surface area contributed by atoms with Crippen LogP contribution in [0.5, 0.6) is 0 Å². The number of likely N-dealkylation sites (tertiary alicyclic amines) is 2. The van der Waals surface area contributed by atoms with Gasteiger partial charge < -0.3 is 10.2 Å². The summed E-state index contributed by atoms with van der Waals surface area (Å²) in [5, 5.41) is 3.50. The maximum atomic E-state index is 12.6. The standard InChI is InChI=1S/C19H29N3O/c1-14-3-4-15-12-18(23)22(17(15)11-14)16-5-9-21(10-6-16)19(2)7-8-20-13-19/h3,11,15-16,20H,4-10,12-13H2,1-2H3. The van der Waals surface area contributed by atoms with E-state index in [1.165, 1.54) is 17.7 Å². The number of rotatable bonds is 2. The fourth-order valence-corrected chi connectivity index (χ4v) is 4.92. The molecule has 0 aromatic carbocycles. The molecule has 2 atom stereocenters. The molecule has 0 radical (unpaired) electrons. The second-order valence-corrected chi connectivity index (χ2v) is 8.06. The van der Waals surface area contributed by atoms with Crippen LogP contribution in [0.1, 0.15) is 46.0 Å². The highest BCUT2D eigenvalue weighted by Crippen LogP contribution is 2.40. The molecule has 0 saturated carbocycles. The molecule has 3 saturated heterocycles. The molecular formula is C19H29N3O. The van der Waals surface area contributed by atoms with Crippen molar-refractivity contribution in [3.8, 4) is 0 Å². The predicted molar refractivity (Wildman–Crippen MR) is 91.9 cm³/mol. The van der Waals surface area contributed by atoms with E-state index in [9.17, 15) is 4.79 Å². The van der Waals surface area contributed by atoms with Crippen LogP contribution in [0.15, 0.2) is 23.4 Å². The van der Waals surface area contributed by atoms with Crippen molar-refractivity contribution in [1.82, 2.24) is 15.1 Å². The average Bonchev–Trinajstić information content (AvgIpc) is 3.11. The maximum absolute atomic E-state index is 12.6. The van der Waals surface area contributed by atoms with Crippen LogP contribution in [0, 0.1) is 5.92 Å². The Balaban J connectivity index is 1.45. The molecule has 4 rings (SSSR count). The van der Waals surface area contributed by atoms with Gasteiger partial charge in [0.1, 0.15) is 0 Å². The van der Waals surface area contributed by atoms with Gasteiger partial charge in [0.15, 0.2) is 0 Å². The molecule has 2 unspecified atom stereocenters. The van der Waals surface area contributed by atoms with Gasteiger partial charge in [-0.15, -0.1) is 0 Å². The van der Waals surface area contributed by atoms with Crippen LogP contribution in [0.25, 0.3) is 0 Å². The molecule has 0 aromatic rings. The Hall–Kier alpha value is -1.13. The molecule has 4 aliphatic rings. The molecule has 0 aromatic heterocycles. The Morgan fingerprint density at radius 3 is 2.78 bits per heavy atom. The second kappa shape index (κ2) is 5.75. The number of hydrogen-bond acceptors (Lipinski definition) is 3. The van der Waals surface area contributed by atoms with Gasteiger partial charge in [-0.3, -0.25) is 9.69 Å². The number of fused-ring (bicyclic) bond motifs is 1. The van der Waals surface area contributed by atoms with Crippen molar-refractivity contribution in [3.05, 3.63) is 23.4 Å². The lowest BCUT2D eigenvalue weighted by Gasteiger charge is -2.44. The first-order chi connectivity index (χ1) is 11.1. The third kappa shape index (κ3) is 2.66. The number of allylic oxidation sites excluding steroid dienone is 4. The van der Waals surface area contributed by atoms with Crippen molar-refractivity contribution in [2.75, 3.05) is 26.2 Å². The van der Waals surface area contributed by atoms with Gasteiger partial charge in [0.25, 0.3) is 0 Å². The summed E-state index contributed by atoms with van der Waals surface area (Å²) in [5.41, 5.74) is 2.95. The van der Waals surface area contributed by atoms with Gasteiger partial charge >= 0.3 is 0 Å². The first-order valence-corrected chi connectivity index (χ1v) is 9.23. The monoisotopic (exact) mass is 315 g/mol. The van der Waals surface area contributed by atoms with Gasteiger partial charge in [-0.2, -0.15) is 0 Å². The van der Waals surface area contributed by atoms with Crippen molar-refractivity contribution in [2.45, 2.75) is 57.5 Å². The molecule has 3 heterocycles. The van der Waals surface area contributed by atoms with Crippen LogP contribution in [0.2, 0.25) is 0 Å². The number of carbonyl (C=O) groups excluding carboxylic acids is 1. The summed E-state index contributed by atoms with van der Waals surface area (Å²) >= 11 is 0. The van der Waals surface area contributed by atoms with Crippen LogP contribution >= 0.6 is 0 Å². The minimum absolute atomic E-state index is 0.325. The van der Waals surface area contributed by atoms with Gasteiger partial charge in [0.2, 0.25) is 5.91 Å². The van der Waals surface area contributed by atoms with Crippen LogP contribution in [-0.2, 0) is 4.79 Å². The molecule has 4 nitrogen and oxygen atoms in total. The minimum atomic E-state index is 0.325. The van der Waals surface area contributed by atoms with E-state index in [0.29, 0.717) is 23.4 Å². The second-order valence-electron chi connectivity index (χ2n) is 8.06. The summed E-state index contributed by atoms with van der Waals surface area (Å²) in [6, 6.07) is 0.416. The smallest absolute Gasteiger partial charge is 0.227 e. The van der Waals surface area contributed by atoms with E-state index in [4.69, 9.17) is 0 Å². The molecule has 3 fully saturated rings. The molecule has 23 heavy (non-hydrogen) atoms. The zero-order chi connectivity index (χ0) is 16.0. The summed E-state index contributed by atoms with van der Waals surface area (Å²) in [4.78, 5) is 17.4. The zero-order valence-corrected chi connectivity index (χ0v) is 14.5. The molecule has 1 aliphatic carbocycles. The minimum Gasteiger partial charge on any atom is -0.315 e. The van der Waals surface area contributed by atoms with Crippen molar-refractivity contribution in [2.24, 2.45) is 5.92 Å². The van der Waals surface area contributed by atoms with E-state index in [1.54, 1.807) is 0 Å². The molecule has 4 heteroatoms. The Morgan fingerprint density at radius 1 is 1.30 bits per heavy atom. The van der Waals surface area contributed by atoms with Crippen LogP contribution in [0.3, 0.4) is 0 Å². The van der Waals surface area contributed by atoms with E-state index < -0.39 is 0 Å². The Bertz CT molecular complexity index is 551. The Kier molecular flexibility index (Phi) is 3.85. The number of piperidine rings is 1. The molecular weight excluding hydrogens is 286 g/mol. The number of nitrogens with zero attached hydrogens (tertiary/aromatic N) is 2. The van der Waals surface area contributed by atoms with E-state index in [1.807, 2.05) is 0 Å². The highest BCUT2D eigenvalue weighted by molar-refractivity contribution is 5.83. The number of hydrogen-bond donors (Lipinski definition) is 1. The normalized spacial score (nSPS) is 36.2. The summed E-state index contributed by atoms with van der Waals surface area (Å²) in [6.07, 6.45) is 9.79. The predicted octanol–water partition coefficient (Wildman–Crippen LogP) is 2.29. The van der Waals surface area contributed by atoms with Gasteiger partial charge in [-0.1, -0.05) is 11.6 Å². The quantitative estimate of drug-likeness (QED) is 0.849. The summed E-state index contributed by atoms with van der Waals surface area (Å²) < 4.78 is 0. The largest absolute Gasteiger partial charge is 0.315 e. The highest BCUT2D eigenvalue weighted by Gasteiger charge is 2.42. The highest BCUT2D eigenvalue weighted by atomic mass is 16.2. The summed E-state index contributed by atoms with van der Waals surface area (Å²) in [6.45, 7) is 9.04. The molecule has 0 bridgehead atoms. The third-order valence-electron chi connectivity index (χ3n) is 6.43. The fourth-order valence-electron chi connectivity index (χ4n) is 4.92. The number of nitrogens with one attached hydrogen (secondary N) is 1. The maximum Gasteiger partial charge on any atom is 0.227 e. The van der Waals surface area contributed by atoms with E-state index >= 15 is 0 Å². The first kappa shape index (κ1) is 15.4. The van der Waals surface area contributed by atoms with Gasteiger partial charge in [-0.05, 0) is 52.2 Å². The molecule has 1 amide bonds. The van der Waals surface area contributed by atoms with Crippen LogP contribution < -0.4 is 5.32 Å². The van der Waals surface area contributed by atoms with Crippen LogP contribution in [-0.4, -0.2) is 53.5 Å². The molecule has 3 aliphatic heterocycles. The first-order valence-electron chi connectivity index (χ1n) is 9.23. The lowest BCUT2D eigenvalue weighted by atomic mass is 9.91. The molecule has 1 N–H and O–H groups in total. The topological polar surface area (TPSA) is 35.6 Å². The summed E-state index contributed by atoms with van der Waals surface area (Å²) in [5.74, 6) is 0.803. The zero-order valence-electron chi connectivity index (χ0n) is 14.5. The molecule has 0 spiro atoms. The van der Waals surface area contributed by atoms with E-state index in [0.717, 1.165) is 51.9 Å². The van der Waals surface area contributed by atoms with E-state index in [2.05, 4.69) is 41.1 Å². The van der Waals surface area contributed by atoms with Crippen LogP contribution in [0.4, 0.5) is 0 Å². The van der Waals surface area contributed by atoms with Crippen molar-refractivity contribution in [1.29, 1.82) is 0 Å². The number of amides is 1. The van der Waals surface area contributed by atoms with Crippen molar-refractivity contribution >= 4 is 5.91 Å². The average molecular weight is 315 g/mol. The third-order valence-corrected chi connectivity index (χ3v) is 6.43. The van der Waals surface area contributed by atoms with Crippen molar-refractivity contribution in [3.63, 3.8) is 0 Å². The molecule has 126 valence electrons. The fraction of sp³-hybridized carbons (Fsp3) is 0.737. The van der Waals surface area contributed by atoms with Crippen molar-refractivity contribution < 1.29 is 4.79 Å². The summed E-state index contributed by atoms with van der Waals surface area (Å²) in [7, 11) is 0. The lowest BCUT2D eigenvalue weighted by molar-refractivity contribution is -0.129. The lowest BCUT2D eigenvalue weighted by Crippen LogP contribution is -2.54.